The summed E-state index contributed by atoms with van der Waals surface area (Å²) >= 11 is 0. The van der Waals surface area contributed by atoms with Crippen molar-refractivity contribution in [2.45, 2.75) is 66.5 Å². The van der Waals surface area contributed by atoms with Crippen LogP contribution in [0, 0.1) is 10.8 Å². The van der Waals surface area contributed by atoms with Crippen LogP contribution in [0.4, 0.5) is 11.4 Å². The van der Waals surface area contributed by atoms with Crippen molar-refractivity contribution in [1.82, 2.24) is 0 Å². The number of nitrogens with zero attached hydrogens (tertiary/aromatic N) is 4. The minimum Gasteiger partial charge on any atom is -0.455 e. The van der Waals surface area contributed by atoms with Gasteiger partial charge in [-0.25, -0.2) is 0 Å². The predicted octanol–water partition coefficient (Wildman–Crippen LogP) is 8.06. The van der Waals surface area contributed by atoms with Gasteiger partial charge in [-0.2, -0.15) is 10.2 Å². The molecule has 2 atom stereocenters. The smallest absolute Gasteiger partial charge is 0.148 e. The van der Waals surface area contributed by atoms with Crippen molar-refractivity contribution < 1.29 is 4.42 Å². The van der Waals surface area contributed by atoms with E-state index in [-0.39, 0.29) is 22.9 Å². The molecule has 2 aliphatic heterocycles. The molecular weight excluding hydrogens is 480 g/mol. The van der Waals surface area contributed by atoms with Gasteiger partial charge in [0.05, 0.1) is 35.9 Å². The van der Waals surface area contributed by atoms with Crippen LogP contribution in [0.1, 0.15) is 64.0 Å². The molecule has 0 aliphatic carbocycles. The van der Waals surface area contributed by atoms with Crippen LogP contribution in [-0.2, 0) is 12.8 Å². The predicted molar refractivity (Wildman–Crippen MR) is 163 cm³/mol. The van der Waals surface area contributed by atoms with Crippen LogP contribution >= 0.6 is 0 Å². The van der Waals surface area contributed by atoms with Crippen molar-refractivity contribution >= 4 is 34.8 Å². The van der Waals surface area contributed by atoms with Gasteiger partial charge in [0.15, 0.2) is 0 Å². The fourth-order valence-electron chi connectivity index (χ4n) is 5.92. The SMILES string of the molecule is CC1N(N=Cc2ccc3oc(C=NN4c5ccccc5CC(C)(C)C4C)cc3c2)c2ccccc2CC1(C)C. The summed E-state index contributed by atoms with van der Waals surface area (Å²) in [6.07, 6.45) is 5.91. The van der Waals surface area contributed by atoms with E-state index in [4.69, 9.17) is 14.6 Å². The van der Waals surface area contributed by atoms with Gasteiger partial charge in [0.2, 0.25) is 0 Å². The molecule has 0 saturated carbocycles. The highest BCUT2D eigenvalue weighted by molar-refractivity contribution is 5.92. The molecule has 3 heterocycles. The maximum Gasteiger partial charge on any atom is 0.148 e. The highest BCUT2D eigenvalue weighted by Gasteiger charge is 2.38. The van der Waals surface area contributed by atoms with Crippen molar-refractivity contribution in [3.63, 3.8) is 0 Å². The Balaban J connectivity index is 1.26. The number of para-hydroxylation sites is 2. The van der Waals surface area contributed by atoms with Crippen LogP contribution in [0.5, 0.6) is 0 Å². The molecule has 0 fully saturated rings. The topological polar surface area (TPSA) is 44.3 Å². The number of hydrogen-bond donors (Lipinski definition) is 0. The molecule has 6 rings (SSSR count). The Morgan fingerprint density at radius 2 is 1.26 bits per heavy atom. The lowest BCUT2D eigenvalue weighted by molar-refractivity contribution is 0.272. The lowest BCUT2D eigenvalue weighted by Crippen LogP contribution is -2.45. The molecule has 0 bridgehead atoms. The summed E-state index contributed by atoms with van der Waals surface area (Å²) < 4.78 is 6.14. The van der Waals surface area contributed by atoms with E-state index in [1.54, 1.807) is 0 Å². The van der Waals surface area contributed by atoms with Crippen LogP contribution in [0.2, 0.25) is 0 Å². The molecule has 0 spiro atoms. The lowest BCUT2D eigenvalue weighted by atomic mass is 9.76. The van der Waals surface area contributed by atoms with Crippen molar-refractivity contribution in [3.05, 3.63) is 95.2 Å². The van der Waals surface area contributed by atoms with Crippen LogP contribution in [-0.4, -0.2) is 24.5 Å². The van der Waals surface area contributed by atoms with Crippen LogP contribution in [0.3, 0.4) is 0 Å². The number of hydrazone groups is 2. The summed E-state index contributed by atoms with van der Waals surface area (Å²) in [6, 6.07) is 26.0. The van der Waals surface area contributed by atoms with Gasteiger partial charge in [-0.15, -0.1) is 0 Å². The third-order valence-corrected chi connectivity index (χ3v) is 8.96. The van der Waals surface area contributed by atoms with Crippen LogP contribution in [0.25, 0.3) is 11.0 Å². The minimum absolute atomic E-state index is 0.120. The molecule has 5 heteroatoms. The molecule has 0 radical (unpaired) electrons. The molecule has 0 saturated heterocycles. The monoisotopic (exact) mass is 518 g/mol. The van der Waals surface area contributed by atoms with E-state index in [1.165, 1.54) is 22.5 Å². The van der Waals surface area contributed by atoms with E-state index >= 15 is 0 Å². The molecule has 2 unspecified atom stereocenters. The van der Waals surface area contributed by atoms with E-state index in [0.717, 1.165) is 35.1 Å². The number of fused-ring (bicyclic) bond motifs is 3. The van der Waals surface area contributed by atoms with Gasteiger partial charge >= 0.3 is 0 Å². The van der Waals surface area contributed by atoms with E-state index < -0.39 is 0 Å². The van der Waals surface area contributed by atoms with Gasteiger partial charge in [-0.1, -0.05) is 64.1 Å². The fraction of sp³-hybridized carbons (Fsp3) is 0.353. The first-order valence-corrected chi connectivity index (χ1v) is 14.0. The standard InChI is InChI=1S/C34H38N4O/c1-23-33(3,4)19-26-11-7-9-13-30(26)37(23)35-21-25-15-16-32-28(17-25)18-29(39-32)22-36-38-24(2)34(5,6)20-27-12-8-10-14-31(27)38/h7-18,21-24H,19-20H2,1-6H3. The maximum absolute atomic E-state index is 6.14. The van der Waals surface area contributed by atoms with Gasteiger partial charge in [0.25, 0.3) is 0 Å². The number of anilines is 2. The zero-order valence-electron chi connectivity index (χ0n) is 23.8. The summed E-state index contributed by atoms with van der Waals surface area (Å²) in [5.74, 6) is 0.743. The van der Waals surface area contributed by atoms with Crippen molar-refractivity contribution in [2.75, 3.05) is 10.0 Å². The van der Waals surface area contributed by atoms with Gasteiger partial charge in [0, 0.05) is 5.39 Å². The molecule has 3 aromatic carbocycles. The summed E-state index contributed by atoms with van der Waals surface area (Å²) in [6.45, 7) is 13.8. The third kappa shape index (κ3) is 4.64. The Hall–Kier alpha value is -3.86. The maximum atomic E-state index is 6.14. The summed E-state index contributed by atoms with van der Waals surface area (Å²) in [4.78, 5) is 0. The minimum atomic E-state index is 0.120. The Kier molecular flexibility index (Phi) is 6.13. The molecule has 4 aromatic rings. The average molecular weight is 519 g/mol. The Labute approximate surface area is 231 Å². The largest absolute Gasteiger partial charge is 0.455 e. The summed E-state index contributed by atoms with van der Waals surface area (Å²) in [7, 11) is 0. The van der Waals surface area contributed by atoms with E-state index in [1.807, 2.05) is 18.5 Å². The third-order valence-electron chi connectivity index (χ3n) is 8.96. The summed E-state index contributed by atoms with van der Waals surface area (Å²) in [5.41, 5.74) is 7.19. The number of rotatable bonds is 4. The normalized spacial score (nSPS) is 22.0. The zero-order valence-corrected chi connectivity index (χ0v) is 23.8. The van der Waals surface area contributed by atoms with E-state index in [0.29, 0.717) is 0 Å². The lowest BCUT2D eigenvalue weighted by Gasteiger charge is -2.44. The van der Waals surface area contributed by atoms with Crippen molar-refractivity contribution in [1.29, 1.82) is 0 Å². The highest BCUT2D eigenvalue weighted by Crippen LogP contribution is 2.42. The summed E-state index contributed by atoms with van der Waals surface area (Å²) in [5, 5.41) is 15.2. The average Bonchev–Trinajstić information content (AvgIpc) is 3.31. The molecule has 0 N–H and O–H groups in total. The second-order valence-corrected chi connectivity index (χ2v) is 12.6. The Morgan fingerprint density at radius 1 is 0.718 bits per heavy atom. The zero-order chi connectivity index (χ0) is 27.4. The highest BCUT2D eigenvalue weighted by atomic mass is 16.3. The van der Waals surface area contributed by atoms with Crippen LogP contribution < -0.4 is 10.0 Å². The van der Waals surface area contributed by atoms with Crippen molar-refractivity contribution in [3.8, 4) is 0 Å². The van der Waals surface area contributed by atoms with Gasteiger partial charge in [0.1, 0.15) is 11.3 Å². The molecular formula is C34H38N4O. The fourth-order valence-corrected chi connectivity index (χ4v) is 5.92. The van der Waals surface area contributed by atoms with Gasteiger partial charge in [-0.05, 0) is 90.6 Å². The molecule has 2 aliphatic rings. The molecule has 5 nitrogen and oxygen atoms in total. The molecule has 39 heavy (non-hydrogen) atoms. The first-order valence-electron chi connectivity index (χ1n) is 14.0. The van der Waals surface area contributed by atoms with E-state index in [9.17, 15) is 0 Å². The molecule has 1 aromatic heterocycles. The molecule has 200 valence electrons. The first kappa shape index (κ1) is 25.4. The number of furan rings is 1. The second-order valence-electron chi connectivity index (χ2n) is 12.6. The van der Waals surface area contributed by atoms with Gasteiger partial charge < -0.3 is 4.42 Å². The van der Waals surface area contributed by atoms with E-state index in [2.05, 4.69) is 118 Å². The van der Waals surface area contributed by atoms with Crippen LogP contribution in [0.15, 0.2) is 87.4 Å². The number of hydrogen-bond acceptors (Lipinski definition) is 5. The van der Waals surface area contributed by atoms with Gasteiger partial charge in [-0.3, -0.25) is 10.0 Å². The van der Waals surface area contributed by atoms with Crippen molar-refractivity contribution in [2.24, 2.45) is 21.0 Å². The first-order chi connectivity index (χ1) is 18.6. The second kappa shape index (κ2) is 9.41. The Bertz CT molecular complexity index is 1500. The Morgan fingerprint density at radius 3 is 1.85 bits per heavy atom. The number of benzene rings is 3. The quantitative estimate of drug-likeness (QED) is 0.257. The molecule has 0 amide bonds.